The molecule has 130 valence electrons. The van der Waals surface area contributed by atoms with E-state index < -0.39 is 17.9 Å². The molecule has 0 radical (unpaired) electrons. The summed E-state index contributed by atoms with van der Waals surface area (Å²) in [6.07, 6.45) is 0. The van der Waals surface area contributed by atoms with Crippen LogP contribution in [0.25, 0.3) is 0 Å². The van der Waals surface area contributed by atoms with Gasteiger partial charge in [-0.2, -0.15) is 0 Å². The van der Waals surface area contributed by atoms with E-state index in [0.717, 1.165) is 10.5 Å². The fourth-order valence-corrected chi connectivity index (χ4v) is 2.39. The van der Waals surface area contributed by atoms with E-state index in [1.54, 1.807) is 24.0 Å². The minimum absolute atomic E-state index is 0.0909. The van der Waals surface area contributed by atoms with Gasteiger partial charge in [0.2, 0.25) is 5.91 Å². The lowest BCUT2D eigenvalue weighted by atomic mass is 10.2. The number of esters is 1. The fraction of sp³-hybridized carbons (Fsp3) is 0.438. The van der Waals surface area contributed by atoms with E-state index >= 15 is 0 Å². The van der Waals surface area contributed by atoms with E-state index in [1.807, 2.05) is 0 Å². The van der Waals surface area contributed by atoms with Crippen LogP contribution in [-0.4, -0.2) is 60.5 Å². The van der Waals surface area contributed by atoms with E-state index in [0.29, 0.717) is 13.1 Å². The van der Waals surface area contributed by atoms with Gasteiger partial charge in [-0.15, -0.1) is 0 Å². The highest BCUT2D eigenvalue weighted by atomic mass is 19.1. The molecule has 1 saturated heterocycles. The predicted molar refractivity (Wildman–Crippen MR) is 83.4 cm³/mol. The average Bonchev–Trinajstić information content (AvgIpc) is 2.96. The first-order chi connectivity index (χ1) is 11.5. The van der Waals surface area contributed by atoms with E-state index in [4.69, 9.17) is 4.74 Å². The van der Waals surface area contributed by atoms with Gasteiger partial charge >= 0.3 is 12.0 Å². The molecule has 3 amide bonds. The summed E-state index contributed by atoms with van der Waals surface area (Å²) in [6, 6.07) is 5.36. The molecule has 7 nitrogen and oxygen atoms in total. The van der Waals surface area contributed by atoms with Crippen molar-refractivity contribution in [1.82, 2.24) is 15.1 Å². The second kappa shape index (κ2) is 8.39. The Hall–Kier alpha value is -2.48. The molecule has 0 unspecified atom stereocenters. The van der Waals surface area contributed by atoms with Crippen LogP contribution in [0.15, 0.2) is 24.3 Å². The SMILES string of the molecule is CCOC(=O)CN(CC(=O)N1CCNC1=O)Cc1ccc(F)cc1. The molecule has 1 aromatic rings. The van der Waals surface area contributed by atoms with Crippen LogP contribution in [0, 0.1) is 5.82 Å². The molecule has 8 heteroatoms. The number of amides is 3. The topological polar surface area (TPSA) is 79.0 Å². The number of benzene rings is 1. The molecule has 0 bridgehead atoms. The van der Waals surface area contributed by atoms with Crippen LogP contribution in [0.2, 0.25) is 0 Å². The fourth-order valence-electron chi connectivity index (χ4n) is 2.39. The third kappa shape index (κ3) is 5.02. The van der Waals surface area contributed by atoms with Crippen LogP contribution in [0.3, 0.4) is 0 Å². The minimum atomic E-state index is -0.460. The van der Waals surface area contributed by atoms with Gasteiger partial charge in [0.15, 0.2) is 0 Å². The predicted octanol–water partition coefficient (Wildman–Crippen LogP) is 0.743. The van der Waals surface area contributed by atoms with Gasteiger partial charge in [-0.1, -0.05) is 12.1 Å². The molecule has 1 aliphatic rings. The number of ether oxygens (including phenoxy) is 1. The first kappa shape index (κ1) is 17.9. The molecule has 0 spiro atoms. The zero-order valence-corrected chi connectivity index (χ0v) is 13.5. The van der Waals surface area contributed by atoms with E-state index in [-0.39, 0.29) is 32.1 Å². The number of urea groups is 1. The molecule has 0 saturated carbocycles. The standard InChI is InChI=1S/C16H20FN3O4/c1-2-24-15(22)11-19(9-12-3-5-13(17)6-4-12)10-14(21)20-8-7-18-16(20)23/h3-6H,2,7-11H2,1H3,(H,18,23). The lowest BCUT2D eigenvalue weighted by molar-refractivity contribution is -0.145. The Balaban J connectivity index is 2.03. The second-order valence-corrected chi connectivity index (χ2v) is 5.35. The Labute approximate surface area is 139 Å². The van der Waals surface area contributed by atoms with Crippen LogP contribution in [0.1, 0.15) is 12.5 Å². The second-order valence-electron chi connectivity index (χ2n) is 5.35. The summed E-state index contributed by atoms with van der Waals surface area (Å²) in [5, 5.41) is 2.56. The zero-order chi connectivity index (χ0) is 17.5. The van der Waals surface area contributed by atoms with Gasteiger partial charge in [-0.25, -0.2) is 9.18 Å². The van der Waals surface area contributed by atoms with Crippen molar-refractivity contribution >= 4 is 17.9 Å². The summed E-state index contributed by atoms with van der Waals surface area (Å²) >= 11 is 0. The largest absolute Gasteiger partial charge is 0.465 e. The maximum absolute atomic E-state index is 13.0. The highest BCUT2D eigenvalue weighted by molar-refractivity contribution is 5.96. The lowest BCUT2D eigenvalue weighted by Gasteiger charge is -2.23. The van der Waals surface area contributed by atoms with Gasteiger partial charge in [0.25, 0.3) is 0 Å². The summed E-state index contributed by atoms with van der Waals surface area (Å²) < 4.78 is 17.9. The Morgan fingerprint density at radius 3 is 2.58 bits per heavy atom. The number of carbonyl (C=O) groups excluding carboxylic acids is 3. The summed E-state index contributed by atoms with van der Waals surface area (Å²) in [4.78, 5) is 38.2. The highest BCUT2D eigenvalue weighted by Gasteiger charge is 2.28. The van der Waals surface area contributed by atoms with Crippen molar-refractivity contribution in [2.75, 3.05) is 32.8 Å². The van der Waals surface area contributed by atoms with Crippen molar-refractivity contribution in [1.29, 1.82) is 0 Å². The zero-order valence-electron chi connectivity index (χ0n) is 13.5. The molecule has 1 aromatic carbocycles. The van der Waals surface area contributed by atoms with Crippen molar-refractivity contribution in [3.8, 4) is 0 Å². The molecule has 0 atom stereocenters. The molecule has 0 aliphatic carbocycles. The number of nitrogens with zero attached hydrogens (tertiary/aromatic N) is 2. The molecule has 1 N–H and O–H groups in total. The summed E-state index contributed by atoms with van der Waals surface area (Å²) in [6.45, 7) is 2.73. The number of halogens is 1. The normalized spacial score (nSPS) is 14.0. The number of carbonyl (C=O) groups is 3. The summed E-state index contributed by atoms with van der Waals surface area (Å²) in [5.41, 5.74) is 0.749. The Bertz CT molecular complexity index is 606. The number of hydrogen-bond donors (Lipinski definition) is 1. The quantitative estimate of drug-likeness (QED) is 0.743. The average molecular weight is 337 g/mol. The maximum Gasteiger partial charge on any atom is 0.324 e. The Kier molecular flexibility index (Phi) is 6.25. The van der Waals surface area contributed by atoms with Crippen molar-refractivity contribution in [2.45, 2.75) is 13.5 Å². The first-order valence-corrected chi connectivity index (χ1v) is 7.70. The Morgan fingerprint density at radius 1 is 1.29 bits per heavy atom. The van der Waals surface area contributed by atoms with Crippen LogP contribution in [0.5, 0.6) is 0 Å². The number of rotatable bonds is 7. The molecular formula is C16H20FN3O4. The van der Waals surface area contributed by atoms with Gasteiger partial charge in [0.05, 0.1) is 19.7 Å². The smallest absolute Gasteiger partial charge is 0.324 e. The molecule has 1 fully saturated rings. The first-order valence-electron chi connectivity index (χ1n) is 7.70. The molecule has 24 heavy (non-hydrogen) atoms. The third-order valence-electron chi connectivity index (χ3n) is 3.49. The van der Waals surface area contributed by atoms with E-state index in [9.17, 15) is 18.8 Å². The molecule has 1 aliphatic heterocycles. The lowest BCUT2D eigenvalue weighted by Crippen LogP contribution is -2.43. The summed E-state index contributed by atoms with van der Waals surface area (Å²) in [5.74, 6) is -1.21. The Morgan fingerprint density at radius 2 is 2.00 bits per heavy atom. The van der Waals surface area contributed by atoms with Crippen molar-refractivity contribution in [2.24, 2.45) is 0 Å². The van der Waals surface area contributed by atoms with Gasteiger partial charge in [-0.05, 0) is 24.6 Å². The number of hydrogen-bond acceptors (Lipinski definition) is 5. The highest BCUT2D eigenvalue weighted by Crippen LogP contribution is 2.08. The van der Waals surface area contributed by atoms with Gasteiger partial charge in [-0.3, -0.25) is 19.4 Å². The molecular weight excluding hydrogens is 317 g/mol. The van der Waals surface area contributed by atoms with Crippen LogP contribution >= 0.6 is 0 Å². The van der Waals surface area contributed by atoms with Crippen molar-refractivity contribution in [3.63, 3.8) is 0 Å². The maximum atomic E-state index is 13.0. The molecule has 0 aromatic heterocycles. The van der Waals surface area contributed by atoms with Crippen LogP contribution in [0.4, 0.5) is 9.18 Å². The van der Waals surface area contributed by atoms with E-state index in [2.05, 4.69) is 5.32 Å². The van der Waals surface area contributed by atoms with E-state index in [1.165, 1.54) is 12.1 Å². The van der Waals surface area contributed by atoms with Crippen molar-refractivity contribution in [3.05, 3.63) is 35.6 Å². The van der Waals surface area contributed by atoms with Gasteiger partial charge in [0.1, 0.15) is 5.82 Å². The van der Waals surface area contributed by atoms with Crippen LogP contribution < -0.4 is 5.32 Å². The molecule has 2 rings (SSSR count). The van der Waals surface area contributed by atoms with Gasteiger partial charge in [0, 0.05) is 19.6 Å². The minimum Gasteiger partial charge on any atom is -0.465 e. The monoisotopic (exact) mass is 337 g/mol. The summed E-state index contributed by atoms with van der Waals surface area (Å²) in [7, 11) is 0. The molecule has 1 heterocycles. The van der Waals surface area contributed by atoms with Crippen molar-refractivity contribution < 1.29 is 23.5 Å². The number of nitrogens with one attached hydrogen (secondary N) is 1. The van der Waals surface area contributed by atoms with Crippen LogP contribution in [-0.2, 0) is 20.9 Å². The van der Waals surface area contributed by atoms with Gasteiger partial charge < -0.3 is 10.1 Å². The number of imide groups is 1. The third-order valence-corrected chi connectivity index (χ3v) is 3.49.